The molecule has 3 heterocycles. The number of amides is 2. The lowest BCUT2D eigenvalue weighted by atomic mass is 10.0. The minimum absolute atomic E-state index is 0.0910. The summed E-state index contributed by atoms with van der Waals surface area (Å²) < 4.78 is 10.7. The maximum absolute atomic E-state index is 12.9. The summed E-state index contributed by atoms with van der Waals surface area (Å²) >= 11 is 2.58. The molecule has 13 heteroatoms. The summed E-state index contributed by atoms with van der Waals surface area (Å²) in [5.74, 6) is -0.385. The smallest absolute Gasteiger partial charge is 0.355 e. The van der Waals surface area contributed by atoms with E-state index in [1.165, 1.54) is 23.8 Å². The van der Waals surface area contributed by atoms with E-state index in [4.69, 9.17) is 20.0 Å². The molecule has 38 heavy (non-hydrogen) atoms. The van der Waals surface area contributed by atoms with Gasteiger partial charge >= 0.3 is 5.97 Å². The van der Waals surface area contributed by atoms with E-state index in [2.05, 4.69) is 15.5 Å². The van der Waals surface area contributed by atoms with Crippen LogP contribution < -0.4 is 15.8 Å². The minimum Gasteiger partial charge on any atom is -0.497 e. The monoisotopic (exact) mass is 557 g/mol. The Bertz CT molecular complexity index is 1320. The second-order valence-corrected chi connectivity index (χ2v) is 10.4. The Morgan fingerprint density at radius 3 is 2.87 bits per heavy atom. The quantitative estimate of drug-likeness (QED) is 0.147. The van der Waals surface area contributed by atoms with Crippen molar-refractivity contribution in [2.75, 3.05) is 32.3 Å². The first kappa shape index (κ1) is 27.2. The molecule has 200 valence electrons. The van der Waals surface area contributed by atoms with Gasteiger partial charge in [0.1, 0.15) is 42.3 Å². The molecule has 1 aromatic heterocycles. The number of benzene rings is 1. The number of nitrogens with one attached hydrogen (secondary N) is 1. The van der Waals surface area contributed by atoms with Gasteiger partial charge in [0.05, 0.1) is 7.11 Å². The average molecular weight is 558 g/mol. The summed E-state index contributed by atoms with van der Waals surface area (Å²) in [6.07, 6.45) is 4.30. The highest BCUT2D eigenvalue weighted by Gasteiger charge is 2.53. The van der Waals surface area contributed by atoms with Crippen LogP contribution in [-0.2, 0) is 30.4 Å². The van der Waals surface area contributed by atoms with Crippen molar-refractivity contribution < 1.29 is 28.7 Å². The lowest BCUT2D eigenvalue weighted by Crippen LogP contribution is -2.70. The number of nitrogens with two attached hydrogens (primary N) is 1. The molecule has 0 radical (unpaired) electrons. The molecule has 1 saturated heterocycles. The standard InChI is InChI=1S/C25H27N5O6S2/c1-14(7-8-15-5-4-6-16(11-15)34-2)12-36-24(33)18-9-10-37-23-20(22(32)30(18)23)28-21(31)19(29-35-3)17-13-38-25(26)27-17/h4-7,9,11,13,20,23H,8,10,12H2,1-3H3,(H2,26,27)(H,28,31)/b14-7+,29-19-/t20?,23-/m1/s1. The predicted octanol–water partition coefficient (Wildman–Crippen LogP) is 2.10. The number of ether oxygens (including phenoxy) is 2. The molecule has 1 fully saturated rings. The lowest BCUT2D eigenvalue weighted by molar-refractivity contribution is -0.152. The van der Waals surface area contributed by atoms with Crippen LogP contribution in [0.3, 0.4) is 0 Å². The molecule has 0 spiro atoms. The first-order valence-electron chi connectivity index (χ1n) is 11.6. The Hall–Kier alpha value is -3.84. The molecule has 2 amide bonds. The minimum atomic E-state index is -0.841. The SMILES string of the molecule is CO/N=C(\C(=O)NC1C(=O)N2C(C(=O)OC/C(C)=C/Cc3cccc(OC)c3)=CCS[C@H]12)c1csc(N)n1. The number of thiazole rings is 1. The number of nitrogens with zero attached hydrogens (tertiary/aromatic N) is 3. The van der Waals surface area contributed by atoms with Crippen LogP contribution in [0.25, 0.3) is 0 Å². The Balaban J connectivity index is 1.33. The second-order valence-electron chi connectivity index (χ2n) is 8.35. The highest BCUT2D eigenvalue weighted by Crippen LogP contribution is 2.38. The number of hydrogen-bond donors (Lipinski definition) is 2. The van der Waals surface area contributed by atoms with Gasteiger partial charge in [0, 0.05) is 11.1 Å². The number of nitrogen functional groups attached to an aromatic ring is 1. The number of hydrogen-bond acceptors (Lipinski definition) is 11. The van der Waals surface area contributed by atoms with Crippen molar-refractivity contribution in [1.82, 2.24) is 15.2 Å². The van der Waals surface area contributed by atoms with Gasteiger partial charge in [-0.05, 0) is 42.7 Å². The molecule has 11 nitrogen and oxygen atoms in total. The Labute approximate surface area is 227 Å². The third-order valence-electron chi connectivity index (χ3n) is 5.76. The number of carbonyl (C=O) groups is 3. The van der Waals surface area contributed by atoms with Crippen LogP contribution in [0.4, 0.5) is 5.13 Å². The summed E-state index contributed by atoms with van der Waals surface area (Å²) in [4.78, 5) is 48.8. The van der Waals surface area contributed by atoms with Crippen molar-refractivity contribution in [2.24, 2.45) is 5.16 Å². The molecule has 2 aliphatic rings. The molecule has 4 rings (SSSR count). The first-order chi connectivity index (χ1) is 18.3. The van der Waals surface area contributed by atoms with Crippen molar-refractivity contribution >= 4 is 51.7 Å². The number of oxime groups is 1. The van der Waals surface area contributed by atoms with Gasteiger partial charge in [0.25, 0.3) is 11.8 Å². The van der Waals surface area contributed by atoms with E-state index in [1.54, 1.807) is 18.6 Å². The molecule has 1 aromatic carbocycles. The maximum Gasteiger partial charge on any atom is 0.355 e. The van der Waals surface area contributed by atoms with Crippen molar-refractivity contribution in [2.45, 2.75) is 24.8 Å². The van der Waals surface area contributed by atoms with E-state index >= 15 is 0 Å². The number of aromatic nitrogens is 1. The van der Waals surface area contributed by atoms with Gasteiger partial charge in [-0.1, -0.05) is 23.4 Å². The largest absolute Gasteiger partial charge is 0.497 e. The van der Waals surface area contributed by atoms with Crippen molar-refractivity contribution in [3.05, 3.63) is 64.3 Å². The zero-order valence-corrected chi connectivity index (χ0v) is 22.6. The fraction of sp³-hybridized carbons (Fsp3) is 0.320. The second kappa shape index (κ2) is 12.1. The van der Waals surface area contributed by atoms with Gasteiger partial charge in [-0.15, -0.1) is 23.1 Å². The zero-order valence-electron chi connectivity index (χ0n) is 21.0. The maximum atomic E-state index is 12.9. The number of carbonyl (C=O) groups excluding carboxylic acids is 3. The van der Waals surface area contributed by atoms with E-state index in [0.717, 1.165) is 28.2 Å². The van der Waals surface area contributed by atoms with Gasteiger partial charge < -0.3 is 25.4 Å². The summed E-state index contributed by atoms with van der Waals surface area (Å²) in [7, 11) is 2.92. The molecule has 0 aliphatic carbocycles. The van der Waals surface area contributed by atoms with E-state index in [-0.39, 0.29) is 28.8 Å². The van der Waals surface area contributed by atoms with Gasteiger partial charge in [0.2, 0.25) is 0 Å². The van der Waals surface area contributed by atoms with E-state index in [9.17, 15) is 14.4 Å². The molecular formula is C25H27N5O6S2. The molecular weight excluding hydrogens is 530 g/mol. The molecule has 0 bridgehead atoms. The van der Waals surface area contributed by atoms with Gasteiger partial charge in [-0.2, -0.15) is 0 Å². The predicted molar refractivity (Wildman–Crippen MR) is 145 cm³/mol. The molecule has 2 aliphatic heterocycles. The van der Waals surface area contributed by atoms with Crippen LogP contribution >= 0.6 is 23.1 Å². The Kier molecular flexibility index (Phi) is 8.69. The van der Waals surface area contributed by atoms with Crippen molar-refractivity contribution in [3.8, 4) is 5.75 Å². The summed E-state index contributed by atoms with van der Waals surface area (Å²) in [5, 5.41) is 7.80. The van der Waals surface area contributed by atoms with Crippen LogP contribution in [0.5, 0.6) is 5.75 Å². The number of anilines is 1. The fourth-order valence-electron chi connectivity index (χ4n) is 3.83. The Morgan fingerprint density at radius 2 is 2.16 bits per heavy atom. The van der Waals surface area contributed by atoms with E-state index in [1.807, 2.05) is 37.3 Å². The number of fused-ring (bicyclic) bond motifs is 1. The number of thioether (sulfide) groups is 1. The lowest BCUT2D eigenvalue weighted by Gasteiger charge is -2.48. The highest BCUT2D eigenvalue weighted by molar-refractivity contribution is 8.00. The van der Waals surface area contributed by atoms with Crippen molar-refractivity contribution in [3.63, 3.8) is 0 Å². The van der Waals surface area contributed by atoms with Crippen LogP contribution in [0.2, 0.25) is 0 Å². The Morgan fingerprint density at radius 1 is 1.34 bits per heavy atom. The molecule has 2 aromatic rings. The van der Waals surface area contributed by atoms with Gasteiger partial charge in [-0.25, -0.2) is 9.78 Å². The van der Waals surface area contributed by atoms with Crippen molar-refractivity contribution in [1.29, 1.82) is 0 Å². The van der Waals surface area contributed by atoms with E-state index in [0.29, 0.717) is 12.2 Å². The molecule has 0 saturated carbocycles. The first-order valence-corrected chi connectivity index (χ1v) is 13.5. The van der Waals surface area contributed by atoms with Gasteiger partial charge in [0.15, 0.2) is 10.8 Å². The topological polar surface area (TPSA) is 145 Å². The summed E-state index contributed by atoms with van der Waals surface area (Å²) in [6, 6.07) is 6.89. The molecule has 1 unspecified atom stereocenters. The van der Waals surface area contributed by atoms with Crippen LogP contribution in [0, 0.1) is 0 Å². The average Bonchev–Trinajstić information content (AvgIpc) is 3.37. The molecule has 3 N–H and O–H groups in total. The van der Waals surface area contributed by atoms with E-state index < -0.39 is 29.2 Å². The summed E-state index contributed by atoms with van der Waals surface area (Å²) in [6.45, 7) is 1.96. The number of rotatable bonds is 10. The van der Waals surface area contributed by atoms with Crippen LogP contribution in [0.15, 0.2) is 58.2 Å². The number of β-lactam (4-membered cyclic amide) rings is 1. The third-order valence-corrected chi connectivity index (χ3v) is 7.61. The summed E-state index contributed by atoms with van der Waals surface area (Å²) in [5.41, 5.74) is 7.91. The van der Waals surface area contributed by atoms with Gasteiger partial charge in [-0.3, -0.25) is 14.5 Å². The number of esters is 1. The van der Waals surface area contributed by atoms with Crippen LogP contribution in [-0.4, -0.2) is 71.4 Å². The number of allylic oxidation sites excluding steroid dienone is 1. The van der Waals surface area contributed by atoms with Crippen LogP contribution in [0.1, 0.15) is 18.2 Å². The number of methoxy groups -OCH3 is 1. The zero-order chi connectivity index (χ0) is 27.2. The normalized spacial score (nSPS) is 19.2. The third kappa shape index (κ3) is 6.00. The highest BCUT2D eigenvalue weighted by atomic mass is 32.2. The fourth-order valence-corrected chi connectivity index (χ4v) is 5.58. The molecule has 2 atom stereocenters.